The average molecular weight is 247 g/mol. The minimum atomic E-state index is 0. The number of hydrogen-bond donors (Lipinski definition) is 1. The van der Waals surface area contributed by atoms with E-state index >= 15 is 0 Å². The molecular formula is C9H15ClN4S. The topological polar surface area (TPSA) is 41.1 Å². The molecule has 1 aromatic heterocycles. The molecule has 1 aromatic rings. The number of thioether (sulfide) groups is 1. The van der Waals surface area contributed by atoms with E-state index in [1.165, 1.54) is 0 Å². The van der Waals surface area contributed by atoms with Crippen LogP contribution in [-0.4, -0.2) is 42.4 Å². The van der Waals surface area contributed by atoms with Crippen molar-refractivity contribution < 1.29 is 0 Å². The lowest BCUT2D eigenvalue weighted by atomic mass is 10.4. The molecule has 84 valence electrons. The monoisotopic (exact) mass is 246 g/mol. The molecule has 6 heteroatoms. The first kappa shape index (κ1) is 12.5. The van der Waals surface area contributed by atoms with Crippen molar-refractivity contribution in [2.45, 2.75) is 5.03 Å². The van der Waals surface area contributed by atoms with Gasteiger partial charge in [-0.15, -0.1) is 24.2 Å². The summed E-state index contributed by atoms with van der Waals surface area (Å²) in [6.45, 7) is 4.11. The number of rotatable bonds is 2. The van der Waals surface area contributed by atoms with E-state index in [9.17, 15) is 0 Å². The third-order valence-electron chi connectivity index (χ3n) is 2.25. The van der Waals surface area contributed by atoms with Crippen molar-refractivity contribution in [3.05, 3.63) is 12.4 Å². The van der Waals surface area contributed by atoms with Crippen LogP contribution in [-0.2, 0) is 0 Å². The number of nitrogens with one attached hydrogen (secondary N) is 1. The van der Waals surface area contributed by atoms with Gasteiger partial charge >= 0.3 is 0 Å². The van der Waals surface area contributed by atoms with Crippen LogP contribution in [0.5, 0.6) is 0 Å². The summed E-state index contributed by atoms with van der Waals surface area (Å²) in [7, 11) is 0. The Bertz CT molecular complexity index is 304. The first-order chi connectivity index (χ1) is 6.90. The summed E-state index contributed by atoms with van der Waals surface area (Å²) in [5, 5.41) is 4.31. The van der Waals surface area contributed by atoms with E-state index in [1.807, 2.05) is 12.5 Å². The van der Waals surface area contributed by atoms with Gasteiger partial charge in [0.2, 0.25) is 0 Å². The zero-order valence-electron chi connectivity index (χ0n) is 8.64. The van der Waals surface area contributed by atoms with Gasteiger partial charge < -0.3 is 10.2 Å². The van der Waals surface area contributed by atoms with Crippen LogP contribution in [0.25, 0.3) is 0 Å². The highest BCUT2D eigenvalue weighted by atomic mass is 35.5. The van der Waals surface area contributed by atoms with Gasteiger partial charge in [-0.25, -0.2) is 4.98 Å². The largest absolute Gasteiger partial charge is 0.353 e. The molecule has 0 bridgehead atoms. The summed E-state index contributed by atoms with van der Waals surface area (Å²) in [4.78, 5) is 11.0. The number of aromatic nitrogens is 2. The van der Waals surface area contributed by atoms with Crippen LogP contribution in [0.4, 0.5) is 5.82 Å². The lowest BCUT2D eigenvalue weighted by Gasteiger charge is -2.28. The number of anilines is 1. The lowest BCUT2D eigenvalue weighted by molar-refractivity contribution is 0.583. The fourth-order valence-electron chi connectivity index (χ4n) is 1.48. The molecular weight excluding hydrogens is 232 g/mol. The second kappa shape index (κ2) is 6.15. The molecule has 2 heterocycles. The van der Waals surface area contributed by atoms with Crippen LogP contribution < -0.4 is 10.2 Å². The fourth-order valence-corrected chi connectivity index (χ4v) is 1.83. The van der Waals surface area contributed by atoms with Gasteiger partial charge in [0.05, 0.1) is 12.4 Å². The second-order valence-corrected chi connectivity index (χ2v) is 3.98. The van der Waals surface area contributed by atoms with E-state index < -0.39 is 0 Å². The molecule has 0 amide bonds. The Morgan fingerprint density at radius 3 is 2.73 bits per heavy atom. The number of halogens is 1. The van der Waals surface area contributed by atoms with Gasteiger partial charge in [-0.05, 0) is 6.26 Å². The van der Waals surface area contributed by atoms with Gasteiger partial charge in [0.15, 0.2) is 0 Å². The van der Waals surface area contributed by atoms with Gasteiger partial charge in [-0.2, -0.15) is 0 Å². The maximum atomic E-state index is 4.51. The average Bonchev–Trinajstić information content (AvgIpc) is 2.30. The van der Waals surface area contributed by atoms with Crippen LogP contribution in [0.3, 0.4) is 0 Å². The molecule has 15 heavy (non-hydrogen) atoms. The Labute approximate surface area is 100 Å². The standard InChI is InChI=1S/C9H14N4S.ClH/c1-14-9-7-11-6-8(12-9)13-4-2-10-3-5-13;/h6-7,10H,2-5H2,1H3;1H. The van der Waals surface area contributed by atoms with Crippen LogP contribution >= 0.6 is 24.2 Å². The van der Waals surface area contributed by atoms with Crippen molar-refractivity contribution in [2.75, 3.05) is 37.3 Å². The molecule has 1 fully saturated rings. The molecule has 1 aliphatic rings. The predicted octanol–water partition coefficient (Wildman–Crippen LogP) is 1.03. The Balaban J connectivity index is 0.00000112. The van der Waals surface area contributed by atoms with Crippen molar-refractivity contribution in [3.63, 3.8) is 0 Å². The van der Waals surface area contributed by atoms with Gasteiger partial charge in [0.25, 0.3) is 0 Å². The molecule has 0 spiro atoms. The minimum absolute atomic E-state index is 0. The fraction of sp³-hybridized carbons (Fsp3) is 0.556. The summed E-state index contributed by atoms with van der Waals surface area (Å²) in [5.41, 5.74) is 0. The lowest BCUT2D eigenvalue weighted by Crippen LogP contribution is -2.43. The van der Waals surface area contributed by atoms with E-state index in [-0.39, 0.29) is 12.4 Å². The molecule has 0 radical (unpaired) electrons. The summed E-state index contributed by atoms with van der Waals surface area (Å²) in [5.74, 6) is 0.998. The van der Waals surface area contributed by atoms with E-state index in [0.717, 1.165) is 37.0 Å². The molecule has 2 rings (SSSR count). The summed E-state index contributed by atoms with van der Waals surface area (Å²) in [6.07, 6.45) is 5.66. The van der Waals surface area contributed by atoms with Crippen LogP contribution in [0.15, 0.2) is 17.4 Å². The van der Waals surface area contributed by atoms with Gasteiger partial charge in [-0.1, -0.05) is 0 Å². The van der Waals surface area contributed by atoms with Crippen molar-refractivity contribution in [2.24, 2.45) is 0 Å². The highest BCUT2D eigenvalue weighted by Gasteiger charge is 2.11. The predicted molar refractivity (Wildman–Crippen MR) is 66.1 cm³/mol. The Hall–Kier alpha value is -0.520. The third kappa shape index (κ3) is 3.22. The normalized spacial score (nSPS) is 15.9. The number of nitrogens with zero attached hydrogens (tertiary/aromatic N) is 3. The molecule has 0 saturated carbocycles. The van der Waals surface area contributed by atoms with Crippen LogP contribution in [0, 0.1) is 0 Å². The zero-order chi connectivity index (χ0) is 9.80. The highest BCUT2D eigenvalue weighted by Crippen LogP contribution is 2.15. The van der Waals surface area contributed by atoms with Gasteiger partial charge in [0, 0.05) is 26.2 Å². The van der Waals surface area contributed by atoms with Crippen molar-refractivity contribution in [1.29, 1.82) is 0 Å². The van der Waals surface area contributed by atoms with Gasteiger partial charge in [0.1, 0.15) is 10.8 Å². The first-order valence-corrected chi connectivity index (χ1v) is 5.94. The summed E-state index contributed by atoms with van der Waals surface area (Å²) < 4.78 is 0. The van der Waals surface area contributed by atoms with E-state index in [2.05, 4.69) is 20.2 Å². The molecule has 1 aliphatic heterocycles. The van der Waals surface area contributed by atoms with Gasteiger partial charge in [-0.3, -0.25) is 4.98 Å². The van der Waals surface area contributed by atoms with Crippen molar-refractivity contribution >= 4 is 30.0 Å². The van der Waals surface area contributed by atoms with Crippen LogP contribution in [0.1, 0.15) is 0 Å². The SMILES string of the molecule is CSc1cncc(N2CCNCC2)n1.Cl. The first-order valence-electron chi connectivity index (χ1n) is 4.72. The number of piperazine rings is 1. The Morgan fingerprint density at radius 1 is 1.33 bits per heavy atom. The zero-order valence-corrected chi connectivity index (χ0v) is 10.3. The van der Waals surface area contributed by atoms with Crippen molar-refractivity contribution in [3.8, 4) is 0 Å². The molecule has 0 aromatic carbocycles. The third-order valence-corrected chi connectivity index (χ3v) is 2.86. The van der Waals surface area contributed by atoms with E-state index in [1.54, 1.807) is 18.0 Å². The Kier molecular flexibility index (Phi) is 5.14. The van der Waals surface area contributed by atoms with E-state index in [4.69, 9.17) is 0 Å². The molecule has 0 unspecified atom stereocenters. The molecule has 0 aliphatic carbocycles. The second-order valence-electron chi connectivity index (χ2n) is 3.16. The van der Waals surface area contributed by atoms with Crippen LogP contribution in [0.2, 0.25) is 0 Å². The molecule has 0 atom stereocenters. The van der Waals surface area contributed by atoms with Crippen molar-refractivity contribution in [1.82, 2.24) is 15.3 Å². The molecule has 1 N–H and O–H groups in total. The maximum absolute atomic E-state index is 4.51. The molecule has 4 nitrogen and oxygen atoms in total. The summed E-state index contributed by atoms with van der Waals surface area (Å²) in [6, 6.07) is 0. The molecule has 1 saturated heterocycles. The smallest absolute Gasteiger partial charge is 0.148 e. The minimum Gasteiger partial charge on any atom is -0.353 e. The maximum Gasteiger partial charge on any atom is 0.148 e. The quantitative estimate of drug-likeness (QED) is 0.790. The highest BCUT2D eigenvalue weighted by molar-refractivity contribution is 7.98. The van der Waals surface area contributed by atoms with E-state index in [0.29, 0.717) is 0 Å². The number of hydrogen-bond acceptors (Lipinski definition) is 5. The Morgan fingerprint density at radius 2 is 2.07 bits per heavy atom. The summed E-state index contributed by atoms with van der Waals surface area (Å²) >= 11 is 1.63.